The van der Waals surface area contributed by atoms with Crippen LogP contribution in [0, 0.1) is 11.3 Å². The van der Waals surface area contributed by atoms with E-state index in [-0.39, 0.29) is 6.04 Å². The van der Waals surface area contributed by atoms with Crippen LogP contribution in [0.2, 0.25) is 0 Å². The standard InChI is InChI=1S/C8H9N3/c1-6(10)8-7(5-9)3-2-4-11-8/h2-4,6H,10H2,1H3/t6-/m0/s1. The van der Waals surface area contributed by atoms with Crippen LogP contribution < -0.4 is 5.73 Å². The van der Waals surface area contributed by atoms with E-state index in [2.05, 4.69) is 4.98 Å². The number of hydrogen-bond acceptors (Lipinski definition) is 3. The Morgan fingerprint density at radius 3 is 2.91 bits per heavy atom. The highest BCUT2D eigenvalue weighted by atomic mass is 14.8. The number of hydrogen-bond donors (Lipinski definition) is 1. The second-order valence-corrected chi connectivity index (χ2v) is 2.34. The Hall–Kier alpha value is -1.40. The highest BCUT2D eigenvalue weighted by Gasteiger charge is 2.05. The number of nitrogens with two attached hydrogens (primary N) is 1. The van der Waals surface area contributed by atoms with E-state index in [1.807, 2.05) is 13.0 Å². The van der Waals surface area contributed by atoms with Crippen molar-refractivity contribution >= 4 is 0 Å². The van der Waals surface area contributed by atoms with Crippen molar-refractivity contribution in [3.05, 3.63) is 29.6 Å². The molecule has 3 nitrogen and oxygen atoms in total. The molecule has 1 atom stereocenters. The molecule has 2 N–H and O–H groups in total. The van der Waals surface area contributed by atoms with Crippen LogP contribution in [-0.2, 0) is 0 Å². The van der Waals surface area contributed by atoms with Gasteiger partial charge >= 0.3 is 0 Å². The average molecular weight is 147 g/mol. The molecule has 0 aliphatic heterocycles. The Balaban J connectivity index is 3.15. The van der Waals surface area contributed by atoms with Gasteiger partial charge in [-0.25, -0.2) is 0 Å². The SMILES string of the molecule is C[C@H](N)c1ncccc1C#N. The van der Waals surface area contributed by atoms with Gasteiger partial charge in [-0.3, -0.25) is 4.98 Å². The monoisotopic (exact) mass is 147 g/mol. The van der Waals surface area contributed by atoms with Gasteiger partial charge in [0.2, 0.25) is 0 Å². The van der Waals surface area contributed by atoms with Gasteiger partial charge in [0.25, 0.3) is 0 Å². The van der Waals surface area contributed by atoms with Gasteiger partial charge in [-0.05, 0) is 19.1 Å². The number of aromatic nitrogens is 1. The molecule has 56 valence electrons. The number of nitriles is 1. The quantitative estimate of drug-likeness (QED) is 0.643. The molecular formula is C8H9N3. The predicted molar refractivity (Wildman–Crippen MR) is 41.6 cm³/mol. The summed E-state index contributed by atoms with van der Waals surface area (Å²) in [5, 5.41) is 8.62. The minimum Gasteiger partial charge on any atom is -0.323 e. The normalized spacial score (nSPS) is 12.1. The highest BCUT2D eigenvalue weighted by molar-refractivity contribution is 5.33. The van der Waals surface area contributed by atoms with E-state index < -0.39 is 0 Å². The van der Waals surface area contributed by atoms with Crippen molar-refractivity contribution in [2.45, 2.75) is 13.0 Å². The van der Waals surface area contributed by atoms with Gasteiger partial charge in [-0.1, -0.05) is 0 Å². The van der Waals surface area contributed by atoms with Crippen molar-refractivity contribution < 1.29 is 0 Å². The average Bonchev–Trinajstić information content (AvgIpc) is 2.04. The summed E-state index contributed by atoms with van der Waals surface area (Å²) in [4.78, 5) is 4.00. The number of pyridine rings is 1. The zero-order valence-corrected chi connectivity index (χ0v) is 6.28. The van der Waals surface area contributed by atoms with E-state index in [1.165, 1.54) is 0 Å². The zero-order valence-electron chi connectivity index (χ0n) is 6.28. The minimum absolute atomic E-state index is 0.175. The Morgan fingerprint density at radius 2 is 2.45 bits per heavy atom. The maximum Gasteiger partial charge on any atom is 0.101 e. The van der Waals surface area contributed by atoms with Crippen LogP contribution in [0.4, 0.5) is 0 Å². The molecule has 0 saturated heterocycles. The van der Waals surface area contributed by atoms with Crippen LogP contribution in [0.1, 0.15) is 24.2 Å². The van der Waals surface area contributed by atoms with E-state index in [1.54, 1.807) is 18.3 Å². The number of nitrogens with zero attached hydrogens (tertiary/aromatic N) is 2. The smallest absolute Gasteiger partial charge is 0.101 e. The van der Waals surface area contributed by atoms with Gasteiger partial charge in [-0.15, -0.1) is 0 Å². The van der Waals surface area contributed by atoms with Crippen LogP contribution in [0.3, 0.4) is 0 Å². The molecule has 1 aromatic heterocycles. The third-order valence-electron chi connectivity index (χ3n) is 1.39. The summed E-state index contributed by atoms with van der Waals surface area (Å²) in [6.45, 7) is 1.81. The van der Waals surface area contributed by atoms with Gasteiger partial charge in [0.15, 0.2) is 0 Å². The molecule has 0 bridgehead atoms. The molecule has 0 aliphatic carbocycles. The van der Waals surface area contributed by atoms with Crippen molar-refractivity contribution in [3.63, 3.8) is 0 Å². The molecular weight excluding hydrogens is 138 g/mol. The maximum atomic E-state index is 8.62. The summed E-state index contributed by atoms with van der Waals surface area (Å²) in [5.41, 5.74) is 6.80. The van der Waals surface area contributed by atoms with Crippen LogP contribution in [0.5, 0.6) is 0 Å². The van der Waals surface area contributed by atoms with E-state index in [0.717, 1.165) is 0 Å². The molecule has 0 aliphatic rings. The number of rotatable bonds is 1. The van der Waals surface area contributed by atoms with E-state index in [9.17, 15) is 0 Å². The fourth-order valence-electron chi connectivity index (χ4n) is 0.875. The molecule has 3 heteroatoms. The zero-order chi connectivity index (χ0) is 8.27. The Morgan fingerprint density at radius 1 is 1.73 bits per heavy atom. The first-order chi connectivity index (χ1) is 5.25. The molecule has 0 spiro atoms. The Labute approximate surface area is 65.5 Å². The topological polar surface area (TPSA) is 62.7 Å². The van der Waals surface area contributed by atoms with Crippen LogP contribution >= 0.6 is 0 Å². The molecule has 1 aromatic rings. The molecule has 0 radical (unpaired) electrons. The summed E-state index contributed by atoms with van der Waals surface area (Å²) >= 11 is 0. The Bertz CT molecular complexity index is 286. The minimum atomic E-state index is -0.175. The lowest BCUT2D eigenvalue weighted by Crippen LogP contribution is -2.09. The van der Waals surface area contributed by atoms with Gasteiger partial charge in [0.1, 0.15) is 6.07 Å². The largest absolute Gasteiger partial charge is 0.323 e. The first-order valence-electron chi connectivity index (χ1n) is 3.36. The molecule has 0 fully saturated rings. The van der Waals surface area contributed by atoms with Gasteiger partial charge in [0, 0.05) is 12.2 Å². The second kappa shape index (κ2) is 3.13. The van der Waals surface area contributed by atoms with Crippen LogP contribution in [0.15, 0.2) is 18.3 Å². The predicted octanol–water partition coefficient (Wildman–Crippen LogP) is 0.973. The van der Waals surface area contributed by atoms with Gasteiger partial charge in [0.05, 0.1) is 11.3 Å². The van der Waals surface area contributed by atoms with Gasteiger partial charge in [-0.2, -0.15) is 5.26 Å². The maximum absolute atomic E-state index is 8.62. The van der Waals surface area contributed by atoms with Crippen molar-refractivity contribution in [1.29, 1.82) is 5.26 Å². The molecule has 0 unspecified atom stereocenters. The fourth-order valence-corrected chi connectivity index (χ4v) is 0.875. The first kappa shape index (κ1) is 7.70. The third kappa shape index (κ3) is 1.54. The van der Waals surface area contributed by atoms with Crippen molar-refractivity contribution in [2.24, 2.45) is 5.73 Å². The highest BCUT2D eigenvalue weighted by Crippen LogP contribution is 2.10. The summed E-state index contributed by atoms with van der Waals surface area (Å²) in [6.07, 6.45) is 1.64. The summed E-state index contributed by atoms with van der Waals surface area (Å²) < 4.78 is 0. The van der Waals surface area contributed by atoms with E-state index in [4.69, 9.17) is 11.0 Å². The van der Waals surface area contributed by atoms with Crippen LogP contribution in [-0.4, -0.2) is 4.98 Å². The molecule has 0 aromatic carbocycles. The van der Waals surface area contributed by atoms with Crippen molar-refractivity contribution in [1.82, 2.24) is 4.98 Å². The van der Waals surface area contributed by atoms with Crippen molar-refractivity contribution in [3.8, 4) is 6.07 Å². The third-order valence-corrected chi connectivity index (χ3v) is 1.39. The van der Waals surface area contributed by atoms with E-state index in [0.29, 0.717) is 11.3 Å². The molecule has 1 heterocycles. The van der Waals surface area contributed by atoms with Crippen LogP contribution in [0.25, 0.3) is 0 Å². The lowest BCUT2D eigenvalue weighted by atomic mass is 10.1. The molecule has 1 rings (SSSR count). The molecule has 0 saturated carbocycles. The van der Waals surface area contributed by atoms with Crippen molar-refractivity contribution in [2.75, 3.05) is 0 Å². The lowest BCUT2D eigenvalue weighted by molar-refractivity contribution is 0.777. The Kier molecular flexibility index (Phi) is 2.19. The summed E-state index contributed by atoms with van der Waals surface area (Å²) in [7, 11) is 0. The van der Waals surface area contributed by atoms with Gasteiger partial charge < -0.3 is 5.73 Å². The summed E-state index contributed by atoms with van der Waals surface area (Å²) in [6, 6.07) is 5.30. The summed E-state index contributed by atoms with van der Waals surface area (Å²) in [5.74, 6) is 0. The first-order valence-corrected chi connectivity index (χ1v) is 3.36. The molecule has 11 heavy (non-hydrogen) atoms. The molecule has 0 amide bonds. The second-order valence-electron chi connectivity index (χ2n) is 2.34. The lowest BCUT2D eigenvalue weighted by Gasteiger charge is -2.04. The van der Waals surface area contributed by atoms with E-state index >= 15 is 0 Å². The fraction of sp³-hybridized carbons (Fsp3) is 0.250.